The molecular formula is C25H22F3N3O5S. The summed E-state index contributed by atoms with van der Waals surface area (Å²) in [5.41, 5.74) is -0.683. The Hall–Kier alpha value is -4.06. The first-order valence-electron chi connectivity index (χ1n) is 11.2. The summed E-state index contributed by atoms with van der Waals surface area (Å²) in [7, 11) is -4.71. The highest BCUT2D eigenvalue weighted by molar-refractivity contribution is 7.93. The third kappa shape index (κ3) is 5.38. The number of sulfonamides is 1. The summed E-state index contributed by atoms with van der Waals surface area (Å²) >= 11 is 0. The lowest BCUT2D eigenvalue weighted by Crippen LogP contribution is -2.52. The van der Waals surface area contributed by atoms with E-state index in [9.17, 15) is 31.2 Å². The minimum atomic E-state index is -4.78. The minimum Gasteiger partial charge on any atom is -0.492 e. The van der Waals surface area contributed by atoms with E-state index in [-0.39, 0.29) is 11.4 Å². The Morgan fingerprint density at radius 2 is 1.76 bits per heavy atom. The van der Waals surface area contributed by atoms with E-state index in [1.807, 2.05) is 0 Å². The quantitative estimate of drug-likeness (QED) is 0.460. The van der Waals surface area contributed by atoms with Gasteiger partial charge in [-0.05, 0) is 49.4 Å². The van der Waals surface area contributed by atoms with Gasteiger partial charge in [0.2, 0.25) is 11.8 Å². The average Bonchev–Trinajstić information content (AvgIpc) is 2.85. The van der Waals surface area contributed by atoms with E-state index >= 15 is 0 Å². The van der Waals surface area contributed by atoms with Crippen molar-refractivity contribution in [3.8, 4) is 5.75 Å². The van der Waals surface area contributed by atoms with Crippen molar-refractivity contribution in [2.24, 2.45) is 0 Å². The van der Waals surface area contributed by atoms with Crippen molar-refractivity contribution < 1.29 is 35.9 Å². The van der Waals surface area contributed by atoms with Crippen LogP contribution in [0.3, 0.4) is 0 Å². The van der Waals surface area contributed by atoms with Crippen LogP contribution in [0.2, 0.25) is 0 Å². The number of anilines is 3. The fourth-order valence-corrected chi connectivity index (χ4v) is 5.59. The molecule has 0 fully saturated rings. The third-order valence-electron chi connectivity index (χ3n) is 5.54. The fraction of sp³-hybridized carbons (Fsp3) is 0.200. The second kappa shape index (κ2) is 10.1. The molecule has 1 heterocycles. The molecule has 37 heavy (non-hydrogen) atoms. The molecule has 2 amide bonds. The number of nitrogens with one attached hydrogen (secondary N) is 2. The van der Waals surface area contributed by atoms with Crippen molar-refractivity contribution >= 4 is 38.9 Å². The Morgan fingerprint density at radius 1 is 1.05 bits per heavy atom. The van der Waals surface area contributed by atoms with Crippen LogP contribution in [0.15, 0.2) is 77.7 Å². The molecule has 3 aromatic rings. The van der Waals surface area contributed by atoms with Crippen molar-refractivity contribution in [2.75, 3.05) is 21.5 Å². The molecule has 0 radical (unpaired) electrons. The van der Waals surface area contributed by atoms with E-state index < -0.39 is 50.9 Å². The van der Waals surface area contributed by atoms with E-state index in [2.05, 4.69) is 10.6 Å². The van der Waals surface area contributed by atoms with Gasteiger partial charge in [0.15, 0.2) is 0 Å². The Bertz CT molecular complexity index is 1440. The van der Waals surface area contributed by atoms with E-state index in [4.69, 9.17) is 4.74 Å². The van der Waals surface area contributed by atoms with Crippen LogP contribution in [0.1, 0.15) is 18.9 Å². The van der Waals surface area contributed by atoms with Gasteiger partial charge in [-0.25, -0.2) is 8.42 Å². The highest BCUT2D eigenvalue weighted by Gasteiger charge is 2.42. The van der Waals surface area contributed by atoms with Crippen LogP contribution in [0.5, 0.6) is 5.75 Å². The normalized spacial score (nSPS) is 15.5. The predicted octanol–water partition coefficient (Wildman–Crippen LogP) is 4.65. The number of benzene rings is 3. The number of halogens is 3. The topological polar surface area (TPSA) is 105 Å². The molecule has 0 saturated heterocycles. The van der Waals surface area contributed by atoms with E-state index in [0.29, 0.717) is 28.4 Å². The molecule has 12 heteroatoms. The molecule has 0 saturated carbocycles. The van der Waals surface area contributed by atoms with Gasteiger partial charge in [0, 0.05) is 0 Å². The number of nitrogens with zero attached hydrogens (tertiary/aromatic N) is 1. The van der Waals surface area contributed by atoms with Crippen LogP contribution in [0.4, 0.5) is 30.2 Å². The van der Waals surface area contributed by atoms with Gasteiger partial charge in [0.1, 0.15) is 11.8 Å². The van der Waals surface area contributed by atoms with Gasteiger partial charge in [0.25, 0.3) is 10.0 Å². The number of fused-ring (bicyclic) bond motifs is 1. The van der Waals surface area contributed by atoms with Crippen LogP contribution < -0.4 is 19.7 Å². The van der Waals surface area contributed by atoms with Crippen molar-refractivity contribution in [3.05, 3.63) is 78.4 Å². The Kier molecular flexibility index (Phi) is 7.12. The largest absolute Gasteiger partial charge is 0.492 e. The number of para-hydroxylation sites is 4. The molecule has 1 aliphatic heterocycles. The second-order valence-electron chi connectivity index (χ2n) is 8.03. The smallest absolute Gasteiger partial charge is 0.416 e. The zero-order valence-electron chi connectivity index (χ0n) is 19.5. The summed E-state index contributed by atoms with van der Waals surface area (Å²) in [6.07, 6.45) is -5.39. The first-order chi connectivity index (χ1) is 17.5. The Morgan fingerprint density at radius 3 is 2.49 bits per heavy atom. The van der Waals surface area contributed by atoms with Crippen LogP contribution in [-0.4, -0.2) is 32.9 Å². The molecule has 194 valence electrons. The summed E-state index contributed by atoms with van der Waals surface area (Å²) in [4.78, 5) is 25.3. The van der Waals surface area contributed by atoms with Gasteiger partial charge >= 0.3 is 6.18 Å². The van der Waals surface area contributed by atoms with E-state index in [1.54, 1.807) is 37.3 Å². The number of hydrogen-bond acceptors (Lipinski definition) is 5. The SMILES string of the molecule is CCOc1ccccc1NC(=O)CC1C(=O)Nc2ccccc2N1S(=O)(=O)c1cccc(C(F)(F)F)c1. The zero-order chi connectivity index (χ0) is 26.8. The lowest BCUT2D eigenvalue weighted by atomic mass is 10.1. The molecular weight excluding hydrogens is 511 g/mol. The molecule has 0 aliphatic carbocycles. The summed E-state index contributed by atoms with van der Waals surface area (Å²) in [6.45, 7) is 2.09. The molecule has 0 spiro atoms. The molecule has 8 nitrogen and oxygen atoms in total. The molecule has 1 aliphatic rings. The molecule has 0 bridgehead atoms. The second-order valence-corrected chi connectivity index (χ2v) is 9.85. The van der Waals surface area contributed by atoms with Crippen molar-refractivity contribution in [3.63, 3.8) is 0 Å². The first kappa shape index (κ1) is 26.0. The summed E-state index contributed by atoms with van der Waals surface area (Å²) in [5, 5.41) is 5.18. The lowest BCUT2D eigenvalue weighted by molar-refractivity contribution is -0.137. The van der Waals surface area contributed by atoms with E-state index in [0.717, 1.165) is 18.2 Å². The van der Waals surface area contributed by atoms with Gasteiger partial charge in [0.05, 0.1) is 40.5 Å². The maximum Gasteiger partial charge on any atom is 0.416 e. The van der Waals surface area contributed by atoms with Gasteiger partial charge in [-0.3, -0.25) is 13.9 Å². The minimum absolute atomic E-state index is 0.0204. The number of hydrogen-bond donors (Lipinski definition) is 2. The van der Waals surface area contributed by atoms with Gasteiger partial charge in [-0.1, -0.05) is 30.3 Å². The Labute approximate surface area is 211 Å². The predicted molar refractivity (Wildman–Crippen MR) is 131 cm³/mol. The number of rotatable bonds is 7. The number of amides is 2. The van der Waals surface area contributed by atoms with Crippen LogP contribution in [0, 0.1) is 0 Å². The maximum atomic E-state index is 13.7. The van der Waals surface area contributed by atoms with Gasteiger partial charge in [-0.15, -0.1) is 0 Å². The van der Waals surface area contributed by atoms with Crippen molar-refractivity contribution in [1.29, 1.82) is 0 Å². The number of ether oxygens (including phenoxy) is 1. The number of carbonyl (C=O) groups excluding carboxylic acids is 2. The first-order valence-corrected chi connectivity index (χ1v) is 12.6. The summed E-state index contributed by atoms with van der Waals surface area (Å²) < 4.78 is 73.5. The molecule has 2 N–H and O–H groups in total. The molecule has 3 aromatic carbocycles. The average molecular weight is 534 g/mol. The molecule has 0 aromatic heterocycles. The van der Waals surface area contributed by atoms with Crippen LogP contribution in [-0.2, 0) is 25.8 Å². The highest BCUT2D eigenvalue weighted by Crippen LogP contribution is 2.38. The van der Waals surface area contributed by atoms with Gasteiger partial charge < -0.3 is 15.4 Å². The Balaban J connectivity index is 1.73. The fourth-order valence-electron chi connectivity index (χ4n) is 3.91. The van der Waals surface area contributed by atoms with Gasteiger partial charge in [-0.2, -0.15) is 13.2 Å². The summed E-state index contributed by atoms with van der Waals surface area (Å²) in [6, 6.07) is 14.2. The molecule has 4 rings (SSSR count). The zero-order valence-corrected chi connectivity index (χ0v) is 20.3. The standard InChI is InChI=1S/C25H22F3N3O5S/c1-2-36-22-13-6-4-11-19(22)29-23(32)15-21-24(33)30-18-10-3-5-12-20(18)31(21)37(34,35)17-9-7-8-16(14-17)25(26,27)28/h3-14,21H,2,15H2,1H3,(H,29,32)(H,30,33). The monoisotopic (exact) mass is 533 g/mol. The molecule has 1 unspecified atom stereocenters. The lowest BCUT2D eigenvalue weighted by Gasteiger charge is -2.36. The third-order valence-corrected chi connectivity index (χ3v) is 7.36. The van der Waals surface area contributed by atoms with Crippen molar-refractivity contribution in [1.82, 2.24) is 0 Å². The van der Waals surface area contributed by atoms with Crippen LogP contribution in [0.25, 0.3) is 0 Å². The van der Waals surface area contributed by atoms with Crippen molar-refractivity contribution in [2.45, 2.75) is 30.5 Å². The number of carbonyl (C=O) groups is 2. The maximum absolute atomic E-state index is 13.7. The highest BCUT2D eigenvalue weighted by atomic mass is 32.2. The summed E-state index contributed by atoms with van der Waals surface area (Å²) in [5.74, 6) is -1.12. The van der Waals surface area contributed by atoms with E-state index in [1.165, 1.54) is 18.2 Å². The molecule has 1 atom stereocenters. The number of alkyl halides is 3. The van der Waals surface area contributed by atoms with Crippen LogP contribution >= 0.6 is 0 Å².